The summed E-state index contributed by atoms with van der Waals surface area (Å²) in [5.41, 5.74) is 5.37. The molecule has 5 nitrogen and oxygen atoms in total. The largest absolute Gasteiger partial charge is 0.383 e. The van der Waals surface area contributed by atoms with Crippen molar-refractivity contribution in [3.05, 3.63) is 16.9 Å². The Hall–Kier alpha value is -0.910. The number of nitrogens with two attached hydrogens (primary N) is 1. The van der Waals surface area contributed by atoms with Gasteiger partial charge >= 0.3 is 0 Å². The van der Waals surface area contributed by atoms with Gasteiger partial charge in [-0.2, -0.15) is 5.10 Å². The molecule has 17 heavy (non-hydrogen) atoms. The number of Topliss-reactive ketones (excluding diaryl/α,β-unsaturated/α-hetero) is 1. The van der Waals surface area contributed by atoms with Gasteiger partial charge in [0.15, 0.2) is 0 Å². The highest BCUT2D eigenvalue weighted by atomic mass is 35.5. The fraction of sp³-hybridized carbons (Fsp3) is 0.636. The van der Waals surface area contributed by atoms with Gasteiger partial charge in [0.2, 0.25) is 5.78 Å². The van der Waals surface area contributed by atoms with Crippen molar-refractivity contribution in [3.63, 3.8) is 0 Å². The van der Waals surface area contributed by atoms with E-state index in [-0.39, 0.29) is 5.78 Å². The molecule has 1 heterocycles. The normalized spacial score (nSPS) is 14.6. The molecule has 0 saturated heterocycles. The fourth-order valence-electron chi connectivity index (χ4n) is 1.37. The number of aromatic nitrogens is 2. The average Bonchev–Trinajstić information content (AvgIpc) is 2.66. The standard InChI is InChI=1S/C11H18ClN3O2/c1-4-11(2,13)10(16)9-8(12)7-14-15(9)5-6-17-3/h7H,4-6,13H2,1-3H3. The lowest BCUT2D eigenvalue weighted by atomic mass is 9.92. The van der Waals surface area contributed by atoms with Gasteiger partial charge in [0.05, 0.1) is 29.9 Å². The van der Waals surface area contributed by atoms with Crippen LogP contribution >= 0.6 is 11.6 Å². The van der Waals surface area contributed by atoms with Gasteiger partial charge in [-0.15, -0.1) is 0 Å². The minimum Gasteiger partial charge on any atom is -0.383 e. The molecule has 0 spiro atoms. The Morgan fingerprint density at radius 2 is 2.35 bits per heavy atom. The Labute approximate surface area is 106 Å². The number of halogens is 1. The first-order valence-corrected chi connectivity index (χ1v) is 5.85. The zero-order valence-corrected chi connectivity index (χ0v) is 11.1. The summed E-state index contributed by atoms with van der Waals surface area (Å²) in [6.07, 6.45) is 1.99. The third kappa shape index (κ3) is 3.06. The molecule has 0 aliphatic carbocycles. The van der Waals surface area contributed by atoms with Crippen LogP contribution < -0.4 is 5.73 Å². The highest BCUT2D eigenvalue weighted by Gasteiger charge is 2.31. The molecule has 0 aliphatic rings. The van der Waals surface area contributed by atoms with Crippen LogP contribution in [0.1, 0.15) is 30.8 Å². The summed E-state index contributed by atoms with van der Waals surface area (Å²) in [4.78, 5) is 12.3. The number of carbonyl (C=O) groups excluding carboxylic acids is 1. The maximum Gasteiger partial charge on any atom is 0.201 e. The van der Waals surface area contributed by atoms with Gasteiger partial charge in [-0.1, -0.05) is 18.5 Å². The first-order chi connectivity index (χ1) is 7.94. The second-order valence-electron chi connectivity index (χ2n) is 4.16. The molecule has 1 atom stereocenters. The van der Waals surface area contributed by atoms with E-state index in [1.165, 1.54) is 10.9 Å². The van der Waals surface area contributed by atoms with Gasteiger partial charge in [0, 0.05) is 7.11 Å². The Morgan fingerprint density at radius 3 is 2.88 bits per heavy atom. The van der Waals surface area contributed by atoms with Crippen LogP contribution in [0.4, 0.5) is 0 Å². The molecule has 0 bridgehead atoms. The maximum absolute atomic E-state index is 12.3. The van der Waals surface area contributed by atoms with E-state index in [2.05, 4.69) is 5.10 Å². The van der Waals surface area contributed by atoms with Crippen molar-refractivity contribution in [2.75, 3.05) is 13.7 Å². The molecule has 1 aromatic rings. The molecule has 0 aliphatic heterocycles. The number of ketones is 1. The molecule has 0 radical (unpaired) electrons. The molecular weight excluding hydrogens is 242 g/mol. The van der Waals surface area contributed by atoms with Crippen LogP contribution in [-0.2, 0) is 11.3 Å². The Bertz CT molecular complexity index is 401. The summed E-state index contributed by atoms with van der Waals surface area (Å²) in [6.45, 7) is 4.50. The zero-order valence-electron chi connectivity index (χ0n) is 10.4. The number of nitrogens with zero attached hydrogens (tertiary/aromatic N) is 2. The van der Waals surface area contributed by atoms with Crippen molar-refractivity contribution in [2.45, 2.75) is 32.4 Å². The topological polar surface area (TPSA) is 70.1 Å². The SMILES string of the molecule is CCC(C)(N)C(=O)c1c(Cl)cnn1CCOC. The predicted molar refractivity (Wildman–Crippen MR) is 66.3 cm³/mol. The van der Waals surface area contributed by atoms with E-state index in [1.54, 1.807) is 14.0 Å². The van der Waals surface area contributed by atoms with Crippen LogP contribution in [-0.4, -0.2) is 34.8 Å². The molecule has 0 amide bonds. The van der Waals surface area contributed by atoms with Gasteiger partial charge in [0.1, 0.15) is 5.69 Å². The van der Waals surface area contributed by atoms with Crippen molar-refractivity contribution < 1.29 is 9.53 Å². The highest BCUT2D eigenvalue weighted by molar-refractivity contribution is 6.34. The van der Waals surface area contributed by atoms with E-state index in [1.807, 2.05) is 6.92 Å². The van der Waals surface area contributed by atoms with Crippen molar-refractivity contribution in [2.24, 2.45) is 5.73 Å². The average molecular weight is 260 g/mol. The summed E-state index contributed by atoms with van der Waals surface area (Å²) in [7, 11) is 1.59. The monoisotopic (exact) mass is 259 g/mol. The molecule has 0 saturated carbocycles. The lowest BCUT2D eigenvalue weighted by Gasteiger charge is -2.21. The number of hydrogen-bond donors (Lipinski definition) is 1. The van der Waals surface area contributed by atoms with Crippen LogP contribution in [0.3, 0.4) is 0 Å². The smallest absolute Gasteiger partial charge is 0.201 e. The van der Waals surface area contributed by atoms with Crippen molar-refractivity contribution in [3.8, 4) is 0 Å². The van der Waals surface area contributed by atoms with Crippen molar-refractivity contribution in [1.82, 2.24) is 9.78 Å². The molecule has 96 valence electrons. The molecular formula is C11H18ClN3O2. The third-order valence-corrected chi connectivity index (χ3v) is 3.05. The predicted octanol–water partition coefficient (Wildman–Crippen LogP) is 1.49. The molecule has 2 N–H and O–H groups in total. The van der Waals surface area contributed by atoms with Gasteiger partial charge in [-0.05, 0) is 13.3 Å². The maximum atomic E-state index is 12.3. The summed E-state index contributed by atoms with van der Waals surface area (Å²) in [5, 5.41) is 4.38. The molecule has 0 fully saturated rings. The summed E-state index contributed by atoms with van der Waals surface area (Å²) < 4.78 is 6.49. The summed E-state index contributed by atoms with van der Waals surface area (Å²) >= 11 is 5.98. The van der Waals surface area contributed by atoms with E-state index < -0.39 is 5.54 Å². The van der Waals surface area contributed by atoms with Crippen LogP contribution in [0.2, 0.25) is 5.02 Å². The van der Waals surface area contributed by atoms with E-state index in [9.17, 15) is 4.79 Å². The van der Waals surface area contributed by atoms with Crippen molar-refractivity contribution >= 4 is 17.4 Å². The first-order valence-electron chi connectivity index (χ1n) is 5.48. The van der Waals surface area contributed by atoms with Gasteiger partial charge in [-0.3, -0.25) is 9.48 Å². The van der Waals surface area contributed by atoms with Gasteiger partial charge in [0.25, 0.3) is 0 Å². The number of methoxy groups -OCH3 is 1. The second-order valence-corrected chi connectivity index (χ2v) is 4.56. The lowest BCUT2D eigenvalue weighted by Crippen LogP contribution is -2.45. The lowest BCUT2D eigenvalue weighted by molar-refractivity contribution is 0.0883. The number of ether oxygens (including phenoxy) is 1. The third-order valence-electron chi connectivity index (χ3n) is 2.77. The van der Waals surface area contributed by atoms with E-state index >= 15 is 0 Å². The Balaban J connectivity index is 3.03. The Kier molecular flexibility index (Phi) is 4.68. The van der Waals surface area contributed by atoms with E-state index in [0.717, 1.165) is 0 Å². The number of rotatable bonds is 6. The minimum absolute atomic E-state index is 0.196. The van der Waals surface area contributed by atoms with Gasteiger partial charge in [-0.25, -0.2) is 0 Å². The summed E-state index contributed by atoms with van der Waals surface area (Å²) in [6, 6.07) is 0. The van der Waals surface area contributed by atoms with Gasteiger partial charge < -0.3 is 10.5 Å². The molecule has 1 unspecified atom stereocenters. The Morgan fingerprint density at radius 1 is 1.71 bits per heavy atom. The first kappa shape index (κ1) is 14.2. The zero-order chi connectivity index (χ0) is 13.1. The van der Waals surface area contributed by atoms with Crippen LogP contribution in [0.25, 0.3) is 0 Å². The fourth-order valence-corrected chi connectivity index (χ4v) is 1.59. The quantitative estimate of drug-likeness (QED) is 0.786. The van der Waals surface area contributed by atoms with E-state index in [4.69, 9.17) is 22.1 Å². The number of hydrogen-bond acceptors (Lipinski definition) is 4. The van der Waals surface area contributed by atoms with Crippen LogP contribution in [0.15, 0.2) is 6.20 Å². The van der Waals surface area contributed by atoms with Crippen LogP contribution in [0.5, 0.6) is 0 Å². The highest BCUT2D eigenvalue weighted by Crippen LogP contribution is 2.21. The van der Waals surface area contributed by atoms with Crippen LogP contribution in [0, 0.1) is 0 Å². The molecule has 1 aromatic heterocycles. The summed E-state index contributed by atoms with van der Waals surface area (Å²) in [5.74, 6) is -0.196. The molecule has 6 heteroatoms. The van der Waals surface area contributed by atoms with Crippen molar-refractivity contribution in [1.29, 1.82) is 0 Å². The minimum atomic E-state index is -0.922. The second kappa shape index (κ2) is 5.62. The molecule has 1 rings (SSSR count). The number of carbonyl (C=O) groups is 1. The molecule has 0 aromatic carbocycles. The van der Waals surface area contributed by atoms with E-state index in [0.29, 0.717) is 30.3 Å².